The van der Waals surface area contributed by atoms with Gasteiger partial charge in [0.2, 0.25) is 0 Å². The van der Waals surface area contributed by atoms with Crippen molar-refractivity contribution in [1.82, 2.24) is 9.47 Å². The number of carboxylic acid groups (broad SMARTS) is 2. The van der Waals surface area contributed by atoms with Crippen molar-refractivity contribution >= 4 is 40.2 Å². The summed E-state index contributed by atoms with van der Waals surface area (Å²) in [7, 11) is 1.68. The Morgan fingerprint density at radius 3 is 2.22 bits per heavy atom. The molecule has 4 rings (SSSR count). The molecule has 1 aromatic heterocycles. The maximum absolute atomic E-state index is 12.1. The van der Waals surface area contributed by atoms with Gasteiger partial charge >= 0.3 is 11.9 Å². The summed E-state index contributed by atoms with van der Waals surface area (Å²) in [5.74, 6) is -1.98. The third-order valence-corrected chi connectivity index (χ3v) is 6.49. The van der Waals surface area contributed by atoms with Crippen molar-refractivity contribution in [3.63, 3.8) is 0 Å². The number of halogens is 1. The Kier molecular flexibility index (Phi) is 9.93. The van der Waals surface area contributed by atoms with Crippen molar-refractivity contribution in [3.8, 4) is 11.5 Å². The smallest absolute Gasteiger partial charge is 0.414 e. The maximum Gasteiger partial charge on any atom is 0.414 e. The van der Waals surface area contributed by atoms with E-state index in [2.05, 4.69) is 9.47 Å². The second-order valence-electron chi connectivity index (χ2n) is 8.70. The van der Waals surface area contributed by atoms with Crippen LogP contribution in [0.5, 0.6) is 11.5 Å². The summed E-state index contributed by atoms with van der Waals surface area (Å²) in [5, 5.41) is 16.4. The molecule has 0 unspecified atom stereocenters. The molecule has 198 valence electrons. The number of aromatic nitrogens is 1. The number of rotatable bonds is 8. The van der Waals surface area contributed by atoms with Gasteiger partial charge in [0.15, 0.2) is 5.78 Å². The zero-order valence-electron chi connectivity index (χ0n) is 20.9. The maximum atomic E-state index is 12.1. The summed E-state index contributed by atoms with van der Waals surface area (Å²) >= 11 is 6.22. The number of methoxy groups -OCH3 is 1. The van der Waals surface area contributed by atoms with Crippen LogP contribution in [0, 0.1) is 0 Å². The van der Waals surface area contributed by atoms with Crippen LogP contribution in [0.2, 0.25) is 5.02 Å². The molecule has 10 heteroatoms. The zero-order valence-corrected chi connectivity index (χ0v) is 21.6. The Labute approximate surface area is 220 Å². The number of piperidine rings is 1. The molecule has 0 radical (unpaired) electrons. The Hall–Kier alpha value is -3.56. The topological polar surface area (TPSA) is 118 Å². The molecule has 2 heterocycles. The van der Waals surface area contributed by atoms with Crippen LogP contribution in [0.3, 0.4) is 0 Å². The number of Topliss-reactive ketones (excluding diaryl/α,β-unsaturated/α-hetero) is 1. The van der Waals surface area contributed by atoms with Crippen molar-refractivity contribution in [2.24, 2.45) is 0 Å². The largest absolute Gasteiger partial charge is 0.495 e. The van der Waals surface area contributed by atoms with Gasteiger partial charge in [-0.05, 0) is 50.9 Å². The fourth-order valence-electron chi connectivity index (χ4n) is 4.38. The van der Waals surface area contributed by atoms with E-state index in [4.69, 9.17) is 40.9 Å². The number of carbonyl (C=O) groups excluding carboxylic acids is 1. The summed E-state index contributed by atoms with van der Waals surface area (Å²) in [5.41, 5.74) is 1.76. The molecule has 0 atom stereocenters. The highest BCUT2D eigenvalue weighted by atomic mass is 35.5. The number of carboxylic acids is 2. The zero-order chi connectivity index (χ0) is 26.9. The third-order valence-electron chi connectivity index (χ3n) is 6.18. The van der Waals surface area contributed by atoms with Crippen molar-refractivity contribution in [2.75, 3.05) is 26.7 Å². The molecule has 1 fully saturated rings. The summed E-state index contributed by atoms with van der Waals surface area (Å²) in [6.07, 6.45) is 5.20. The standard InChI is InChI=1S/C25H29ClN2O3.C2H2O4/c1-18(29)21-17-28(25-20(21)7-5-10-24(25)30-2)14-6-13-27-15-11-19(12-16-27)31-23-9-4-3-8-22(23)26;3-1(4)2(5)6/h3-5,7-10,17,19H,6,11-16H2,1-2H3;(H,3,4)(H,5,6). The molecule has 0 aliphatic carbocycles. The number of carbonyl (C=O) groups is 3. The minimum atomic E-state index is -1.82. The van der Waals surface area contributed by atoms with Gasteiger partial charge in [0.1, 0.15) is 17.6 Å². The predicted octanol–water partition coefficient (Wildman–Crippen LogP) is 4.60. The van der Waals surface area contributed by atoms with Crippen LogP contribution in [0.15, 0.2) is 48.7 Å². The van der Waals surface area contributed by atoms with E-state index in [1.807, 2.05) is 48.7 Å². The van der Waals surface area contributed by atoms with Gasteiger partial charge in [-0.2, -0.15) is 0 Å². The van der Waals surface area contributed by atoms with E-state index in [9.17, 15) is 4.79 Å². The van der Waals surface area contributed by atoms with Crippen molar-refractivity contribution in [1.29, 1.82) is 0 Å². The number of para-hydroxylation sites is 2. The number of aryl methyl sites for hydroxylation is 1. The van der Waals surface area contributed by atoms with Crippen LogP contribution in [-0.4, -0.2) is 70.2 Å². The number of benzene rings is 2. The molecule has 0 bridgehead atoms. The molecular weight excluding hydrogens is 500 g/mol. The molecule has 9 nitrogen and oxygen atoms in total. The lowest BCUT2D eigenvalue weighted by Crippen LogP contribution is -2.39. The van der Waals surface area contributed by atoms with Crippen LogP contribution in [0.4, 0.5) is 0 Å². The van der Waals surface area contributed by atoms with E-state index in [0.717, 1.165) is 73.4 Å². The number of nitrogens with zero attached hydrogens (tertiary/aromatic N) is 2. The van der Waals surface area contributed by atoms with E-state index >= 15 is 0 Å². The van der Waals surface area contributed by atoms with E-state index < -0.39 is 11.9 Å². The number of ketones is 1. The Balaban J connectivity index is 0.000000568. The van der Waals surface area contributed by atoms with Gasteiger partial charge in [0.25, 0.3) is 0 Å². The van der Waals surface area contributed by atoms with Gasteiger partial charge in [-0.25, -0.2) is 9.59 Å². The van der Waals surface area contributed by atoms with Crippen LogP contribution < -0.4 is 9.47 Å². The lowest BCUT2D eigenvalue weighted by molar-refractivity contribution is -0.159. The summed E-state index contributed by atoms with van der Waals surface area (Å²) in [6.45, 7) is 5.52. The van der Waals surface area contributed by atoms with Crippen molar-refractivity contribution in [3.05, 3.63) is 59.2 Å². The molecule has 2 N–H and O–H groups in total. The predicted molar refractivity (Wildman–Crippen MR) is 140 cm³/mol. The van der Waals surface area contributed by atoms with Gasteiger partial charge in [0.05, 0.1) is 17.6 Å². The second-order valence-corrected chi connectivity index (χ2v) is 9.11. The number of ether oxygens (including phenoxy) is 2. The molecule has 1 aliphatic heterocycles. The molecule has 0 saturated carbocycles. The van der Waals surface area contributed by atoms with Crippen LogP contribution >= 0.6 is 11.6 Å². The molecule has 0 amide bonds. The average Bonchev–Trinajstić information content (AvgIpc) is 3.26. The van der Waals surface area contributed by atoms with Gasteiger partial charge in [0, 0.05) is 36.8 Å². The monoisotopic (exact) mass is 530 g/mol. The highest BCUT2D eigenvalue weighted by molar-refractivity contribution is 6.32. The van der Waals surface area contributed by atoms with Crippen LogP contribution in [0.25, 0.3) is 10.9 Å². The highest BCUT2D eigenvalue weighted by Gasteiger charge is 2.21. The number of likely N-dealkylation sites (tertiary alicyclic amines) is 1. The van der Waals surface area contributed by atoms with E-state index in [-0.39, 0.29) is 11.9 Å². The van der Waals surface area contributed by atoms with Crippen LogP contribution in [-0.2, 0) is 16.1 Å². The first-order valence-electron chi connectivity index (χ1n) is 12.0. The third kappa shape index (κ3) is 7.47. The molecular formula is C27H31ClN2O7. The lowest BCUT2D eigenvalue weighted by atomic mass is 10.1. The fraction of sp³-hybridized carbons (Fsp3) is 0.370. The first kappa shape index (κ1) is 28.0. The summed E-state index contributed by atoms with van der Waals surface area (Å²) in [6, 6.07) is 13.5. The summed E-state index contributed by atoms with van der Waals surface area (Å²) < 4.78 is 13.8. The van der Waals surface area contributed by atoms with E-state index in [1.165, 1.54) is 0 Å². The second kappa shape index (κ2) is 13.1. The normalized spacial score (nSPS) is 14.0. The quantitative estimate of drug-likeness (QED) is 0.320. The summed E-state index contributed by atoms with van der Waals surface area (Å²) in [4.78, 5) is 32.8. The van der Waals surface area contributed by atoms with Gasteiger partial charge in [-0.15, -0.1) is 0 Å². The molecule has 2 aromatic carbocycles. The average molecular weight is 531 g/mol. The minimum Gasteiger partial charge on any atom is -0.495 e. The van der Waals surface area contributed by atoms with Gasteiger partial charge in [-0.3, -0.25) is 4.79 Å². The molecule has 1 saturated heterocycles. The van der Waals surface area contributed by atoms with E-state index in [1.54, 1.807) is 14.0 Å². The number of hydrogen-bond acceptors (Lipinski definition) is 6. The lowest BCUT2D eigenvalue weighted by Gasteiger charge is -2.32. The van der Waals surface area contributed by atoms with Gasteiger partial charge in [-0.1, -0.05) is 35.9 Å². The van der Waals surface area contributed by atoms with Crippen LogP contribution in [0.1, 0.15) is 36.5 Å². The number of fused-ring (bicyclic) bond motifs is 1. The number of aliphatic carboxylic acids is 2. The fourth-order valence-corrected chi connectivity index (χ4v) is 4.56. The first-order chi connectivity index (χ1) is 17.7. The van der Waals surface area contributed by atoms with Gasteiger partial charge < -0.3 is 29.2 Å². The minimum absolute atomic E-state index is 0.0811. The molecule has 3 aromatic rings. The molecule has 37 heavy (non-hydrogen) atoms. The number of hydrogen-bond donors (Lipinski definition) is 2. The SMILES string of the molecule is COc1cccc2c(C(C)=O)cn(CCCN3CCC(Oc4ccccc4Cl)CC3)c12.O=C(O)C(=O)O. The Morgan fingerprint density at radius 2 is 1.62 bits per heavy atom. The first-order valence-corrected chi connectivity index (χ1v) is 12.4. The highest BCUT2D eigenvalue weighted by Crippen LogP contribution is 2.31. The van der Waals surface area contributed by atoms with E-state index in [0.29, 0.717) is 5.02 Å². The Morgan fingerprint density at radius 1 is 0.973 bits per heavy atom. The van der Waals surface area contributed by atoms with Crippen molar-refractivity contribution in [2.45, 2.75) is 38.8 Å². The van der Waals surface area contributed by atoms with Crippen molar-refractivity contribution < 1.29 is 34.1 Å². The molecule has 0 spiro atoms. The Bertz CT molecular complexity index is 1240. The molecule has 1 aliphatic rings.